The van der Waals surface area contributed by atoms with Gasteiger partial charge in [0.1, 0.15) is 18.8 Å². The molecule has 0 aliphatic carbocycles. The van der Waals surface area contributed by atoms with Gasteiger partial charge in [-0.15, -0.1) is 0 Å². The van der Waals surface area contributed by atoms with Crippen LogP contribution in [-0.2, 0) is 31.0 Å². The lowest BCUT2D eigenvalue weighted by atomic mass is 10.2. The maximum absolute atomic E-state index is 12.7. The molecule has 38 heavy (non-hydrogen) atoms. The Morgan fingerprint density at radius 3 is 2.42 bits per heavy atom. The van der Waals surface area contributed by atoms with Crippen molar-refractivity contribution >= 4 is 33.5 Å². The first kappa shape index (κ1) is 31.2. The van der Waals surface area contributed by atoms with Crippen LogP contribution in [-0.4, -0.2) is 55.3 Å². The number of nitrogens with one attached hydrogen (secondary N) is 2. The van der Waals surface area contributed by atoms with Crippen molar-refractivity contribution in [1.29, 1.82) is 5.26 Å². The summed E-state index contributed by atoms with van der Waals surface area (Å²) >= 11 is 0. The number of anilines is 1. The molecule has 1 heterocycles. The lowest BCUT2D eigenvalue weighted by Gasteiger charge is -2.13. The van der Waals surface area contributed by atoms with E-state index in [2.05, 4.69) is 15.2 Å². The number of hydrogen-bond donors (Lipinski definition) is 5. The molecule has 0 bridgehead atoms. The van der Waals surface area contributed by atoms with Gasteiger partial charge in [0, 0.05) is 5.69 Å². The van der Waals surface area contributed by atoms with E-state index < -0.39 is 33.6 Å². The van der Waals surface area contributed by atoms with E-state index in [4.69, 9.17) is 31.5 Å². The highest BCUT2D eigenvalue weighted by atomic mass is 32.2. The zero-order valence-corrected chi connectivity index (χ0v) is 20.3. The van der Waals surface area contributed by atoms with Gasteiger partial charge in [-0.25, -0.2) is 13.2 Å². The molecule has 1 aromatic heterocycles. The van der Waals surface area contributed by atoms with Gasteiger partial charge in [-0.2, -0.15) is 18.4 Å². The van der Waals surface area contributed by atoms with Gasteiger partial charge in [-0.3, -0.25) is 14.3 Å². The SMILES string of the molecule is Cc1ccc(NS(=O)(=O)c2cccc(C#N)c2)c(=O)n1CC(=O)NCCON=C(N)N.O=C(O)C(F)(F)F. The molecule has 0 aliphatic heterocycles. The first-order chi connectivity index (χ1) is 17.6. The number of aryl methyl sites for hydroxylation is 1. The molecule has 0 radical (unpaired) electrons. The number of oxime groups is 1. The Balaban J connectivity index is 0.000000905. The van der Waals surface area contributed by atoms with E-state index in [1.54, 1.807) is 6.92 Å². The van der Waals surface area contributed by atoms with E-state index in [1.165, 1.54) is 36.4 Å². The van der Waals surface area contributed by atoms with Crippen LogP contribution in [0.2, 0.25) is 0 Å². The van der Waals surface area contributed by atoms with Gasteiger partial charge in [0.15, 0.2) is 0 Å². The van der Waals surface area contributed by atoms with Crippen molar-refractivity contribution in [2.45, 2.75) is 24.5 Å². The molecule has 0 unspecified atom stereocenters. The highest BCUT2D eigenvalue weighted by molar-refractivity contribution is 7.92. The van der Waals surface area contributed by atoms with Crippen molar-refractivity contribution < 1.29 is 41.1 Å². The number of rotatable bonds is 9. The number of hydrogen-bond acceptors (Lipinski definition) is 8. The predicted octanol–water partition coefficient (Wildman–Crippen LogP) is -0.216. The van der Waals surface area contributed by atoms with Crippen molar-refractivity contribution in [1.82, 2.24) is 9.88 Å². The quantitative estimate of drug-likeness (QED) is 0.117. The summed E-state index contributed by atoms with van der Waals surface area (Å²) in [6.07, 6.45) is -5.08. The molecule has 0 fully saturated rings. The maximum Gasteiger partial charge on any atom is 0.490 e. The molecule has 0 saturated carbocycles. The Morgan fingerprint density at radius 2 is 1.87 bits per heavy atom. The summed E-state index contributed by atoms with van der Waals surface area (Å²) < 4.78 is 60.3. The minimum Gasteiger partial charge on any atom is -0.475 e. The molecule has 2 rings (SSSR count). The maximum atomic E-state index is 12.7. The van der Waals surface area contributed by atoms with Crippen LogP contribution in [0.5, 0.6) is 0 Å². The van der Waals surface area contributed by atoms with Gasteiger partial charge in [0.05, 0.1) is 23.1 Å². The van der Waals surface area contributed by atoms with Crippen LogP contribution < -0.4 is 27.1 Å². The summed E-state index contributed by atoms with van der Waals surface area (Å²) in [6.45, 7) is 1.36. The average molecular weight is 561 g/mol. The molecule has 1 amide bonds. The summed E-state index contributed by atoms with van der Waals surface area (Å²) in [5.74, 6) is -3.51. The zero-order valence-electron chi connectivity index (χ0n) is 19.5. The number of nitrogens with zero attached hydrogens (tertiary/aromatic N) is 3. The molecule has 2 aromatic rings. The van der Waals surface area contributed by atoms with Crippen molar-refractivity contribution in [2.75, 3.05) is 17.9 Å². The van der Waals surface area contributed by atoms with E-state index in [-0.39, 0.29) is 41.8 Å². The largest absolute Gasteiger partial charge is 0.490 e. The number of carboxylic acid groups (broad SMARTS) is 1. The first-order valence-corrected chi connectivity index (χ1v) is 11.6. The van der Waals surface area contributed by atoms with Crippen LogP contribution in [0.25, 0.3) is 0 Å². The number of aromatic nitrogens is 1. The van der Waals surface area contributed by atoms with Crippen LogP contribution in [0.1, 0.15) is 11.3 Å². The van der Waals surface area contributed by atoms with Crippen LogP contribution in [0.15, 0.2) is 51.2 Å². The molecule has 206 valence electrons. The second kappa shape index (κ2) is 13.5. The highest BCUT2D eigenvalue weighted by Crippen LogP contribution is 2.15. The molecule has 0 saturated heterocycles. The third-order valence-electron chi connectivity index (χ3n) is 4.14. The number of nitrogens with two attached hydrogens (primary N) is 2. The normalized spacial score (nSPS) is 10.7. The summed E-state index contributed by atoms with van der Waals surface area (Å²) in [6, 6.07) is 10.0. The van der Waals surface area contributed by atoms with Gasteiger partial charge < -0.3 is 31.3 Å². The molecule has 18 heteroatoms. The molecule has 7 N–H and O–H groups in total. The number of aliphatic carboxylic acids is 1. The van der Waals surface area contributed by atoms with Gasteiger partial charge in [0.2, 0.25) is 11.9 Å². The Labute approximate surface area is 213 Å². The number of carbonyl (C=O) groups excluding carboxylic acids is 1. The van der Waals surface area contributed by atoms with Crippen molar-refractivity contribution in [2.24, 2.45) is 16.6 Å². The number of carboxylic acids is 1. The lowest BCUT2D eigenvalue weighted by molar-refractivity contribution is -0.192. The predicted molar refractivity (Wildman–Crippen MR) is 126 cm³/mol. The number of benzene rings is 1. The number of amides is 1. The third kappa shape index (κ3) is 10.1. The lowest BCUT2D eigenvalue weighted by Crippen LogP contribution is -2.36. The molecule has 0 spiro atoms. The van der Waals surface area contributed by atoms with Crippen LogP contribution in [0, 0.1) is 18.3 Å². The van der Waals surface area contributed by atoms with Crippen LogP contribution in [0.4, 0.5) is 18.9 Å². The Bertz CT molecular complexity index is 1400. The van der Waals surface area contributed by atoms with E-state index in [0.717, 1.165) is 4.57 Å². The van der Waals surface area contributed by atoms with E-state index in [1.807, 2.05) is 6.07 Å². The second-order valence-electron chi connectivity index (χ2n) is 7.03. The molecular formula is C20H22F3N7O7S. The third-order valence-corrected chi connectivity index (χ3v) is 5.50. The van der Waals surface area contributed by atoms with Crippen molar-refractivity contribution in [3.8, 4) is 6.07 Å². The fourth-order valence-electron chi connectivity index (χ4n) is 2.44. The Hall–Kier alpha value is -4.79. The van der Waals surface area contributed by atoms with Gasteiger partial charge in [-0.05, 0) is 42.4 Å². The molecule has 1 aromatic carbocycles. The first-order valence-electron chi connectivity index (χ1n) is 10.1. The monoisotopic (exact) mass is 561 g/mol. The van der Waals surface area contributed by atoms with E-state index in [9.17, 15) is 31.2 Å². The fraction of sp³-hybridized carbons (Fsp3) is 0.250. The zero-order chi connectivity index (χ0) is 29.1. The Kier molecular flexibility index (Phi) is 11.1. The fourth-order valence-corrected chi connectivity index (χ4v) is 3.54. The van der Waals surface area contributed by atoms with Crippen molar-refractivity contribution in [3.63, 3.8) is 0 Å². The number of guanidine groups is 1. The number of alkyl halides is 3. The summed E-state index contributed by atoms with van der Waals surface area (Å²) in [5, 5.41) is 21.9. The molecule has 0 atom stereocenters. The molecule has 0 aliphatic rings. The number of nitriles is 1. The van der Waals surface area contributed by atoms with Gasteiger partial charge >= 0.3 is 12.1 Å². The number of carbonyl (C=O) groups is 2. The van der Waals surface area contributed by atoms with E-state index >= 15 is 0 Å². The molecule has 14 nitrogen and oxygen atoms in total. The smallest absolute Gasteiger partial charge is 0.475 e. The average Bonchev–Trinajstić information content (AvgIpc) is 2.83. The van der Waals surface area contributed by atoms with Crippen molar-refractivity contribution in [3.05, 3.63) is 58.0 Å². The van der Waals surface area contributed by atoms with Gasteiger partial charge in [0.25, 0.3) is 15.6 Å². The minimum absolute atomic E-state index is 0.0130. The summed E-state index contributed by atoms with van der Waals surface area (Å²) in [5.41, 5.74) is 9.85. The summed E-state index contributed by atoms with van der Waals surface area (Å²) in [4.78, 5) is 38.3. The van der Waals surface area contributed by atoms with E-state index in [0.29, 0.717) is 5.69 Å². The molecular weight excluding hydrogens is 539 g/mol. The number of halogens is 3. The summed E-state index contributed by atoms with van der Waals surface area (Å²) in [7, 11) is -4.12. The van der Waals surface area contributed by atoms with Crippen LogP contribution >= 0.6 is 0 Å². The number of pyridine rings is 1. The second-order valence-corrected chi connectivity index (χ2v) is 8.71. The highest BCUT2D eigenvalue weighted by Gasteiger charge is 2.38. The minimum atomic E-state index is -5.08. The standard InChI is InChI=1S/C18H21N7O5S.C2HF3O2/c1-12-5-6-15(24-31(28,29)14-4-2-3-13(9-14)10-19)17(27)25(12)11-16(26)22-7-8-30-23-18(20)21;3-2(4,5)1(6)7/h2-6,9,24H,7-8,11H2,1H3,(H,22,26)(H4,20,21,23);(H,6,7). The number of sulfonamides is 1. The Morgan fingerprint density at radius 1 is 1.24 bits per heavy atom. The van der Waals surface area contributed by atoms with Crippen LogP contribution in [0.3, 0.4) is 0 Å². The topological polar surface area (TPSA) is 232 Å². The van der Waals surface area contributed by atoms with Gasteiger partial charge in [-0.1, -0.05) is 6.07 Å².